The van der Waals surface area contributed by atoms with E-state index in [1.165, 1.54) is 13.2 Å². The molecule has 0 saturated carbocycles. The fraction of sp³-hybridized carbons (Fsp3) is 0.250. The number of methoxy groups -OCH3 is 1. The van der Waals surface area contributed by atoms with Gasteiger partial charge in [0.2, 0.25) is 0 Å². The molecule has 18 heavy (non-hydrogen) atoms. The van der Waals surface area contributed by atoms with Gasteiger partial charge < -0.3 is 4.74 Å². The summed E-state index contributed by atoms with van der Waals surface area (Å²) < 4.78 is 6.56. The molecule has 0 radical (unpaired) electrons. The van der Waals surface area contributed by atoms with Gasteiger partial charge in [-0.3, -0.25) is 10.1 Å². The van der Waals surface area contributed by atoms with Gasteiger partial charge in [-0.15, -0.1) is 0 Å². The highest BCUT2D eigenvalue weighted by Crippen LogP contribution is 2.28. The van der Waals surface area contributed by atoms with Crippen molar-refractivity contribution < 1.29 is 9.66 Å². The maximum atomic E-state index is 11.1. The summed E-state index contributed by atoms with van der Waals surface area (Å²) in [5.41, 5.74) is 2.07. The van der Waals surface area contributed by atoms with Gasteiger partial charge >= 0.3 is 0 Å². The molecule has 0 fully saturated rings. The third-order valence-corrected chi connectivity index (χ3v) is 2.62. The largest absolute Gasteiger partial charge is 0.496 e. The van der Waals surface area contributed by atoms with Crippen LogP contribution in [0, 0.1) is 24.0 Å². The molecule has 0 saturated heterocycles. The Morgan fingerprint density at radius 2 is 2.06 bits per heavy atom. The Hall–Kier alpha value is -2.37. The Morgan fingerprint density at radius 1 is 1.33 bits per heavy atom. The number of rotatable bonds is 3. The van der Waals surface area contributed by atoms with Crippen LogP contribution in [-0.4, -0.2) is 21.8 Å². The first-order chi connectivity index (χ1) is 8.52. The molecular formula is C12H13N3O3. The molecule has 1 heterocycles. The summed E-state index contributed by atoms with van der Waals surface area (Å²) in [7, 11) is 1.47. The molecule has 2 rings (SSSR count). The topological polar surface area (TPSA) is 70.2 Å². The van der Waals surface area contributed by atoms with Crippen LogP contribution in [0.5, 0.6) is 5.75 Å². The van der Waals surface area contributed by atoms with Crippen molar-refractivity contribution in [3.05, 3.63) is 45.8 Å². The van der Waals surface area contributed by atoms with Crippen molar-refractivity contribution in [3.8, 4) is 11.4 Å². The zero-order valence-corrected chi connectivity index (χ0v) is 10.4. The third-order valence-electron chi connectivity index (χ3n) is 2.62. The monoisotopic (exact) mass is 247 g/mol. The molecule has 0 amide bonds. The van der Waals surface area contributed by atoms with Gasteiger partial charge in [-0.25, -0.2) is 4.68 Å². The van der Waals surface area contributed by atoms with E-state index in [1.807, 2.05) is 19.9 Å². The van der Waals surface area contributed by atoms with Crippen LogP contribution >= 0.6 is 0 Å². The molecule has 0 aliphatic rings. The van der Waals surface area contributed by atoms with Crippen molar-refractivity contribution in [2.75, 3.05) is 7.11 Å². The second-order valence-electron chi connectivity index (χ2n) is 3.95. The van der Waals surface area contributed by atoms with Gasteiger partial charge in [0.15, 0.2) is 0 Å². The van der Waals surface area contributed by atoms with Crippen LogP contribution in [0.25, 0.3) is 5.69 Å². The Bertz CT molecular complexity index is 605. The average molecular weight is 247 g/mol. The Kier molecular flexibility index (Phi) is 3.01. The number of nitrogens with zero attached hydrogens (tertiary/aromatic N) is 3. The molecule has 0 aliphatic heterocycles. The number of nitro groups is 1. The number of aryl methyl sites for hydroxylation is 2. The molecule has 1 aromatic heterocycles. The number of aromatic nitrogens is 2. The Morgan fingerprint density at radius 3 is 2.56 bits per heavy atom. The first-order valence-corrected chi connectivity index (χ1v) is 5.39. The second-order valence-corrected chi connectivity index (χ2v) is 3.95. The molecule has 0 bridgehead atoms. The van der Waals surface area contributed by atoms with Crippen LogP contribution in [-0.2, 0) is 0 Å². The van der Waals surface area contributed by atoms with E-state index in [1.54, 1.807) is 16.8 Å². The van der Waals surface area contributed by atoms with Crippen LogP contribution in [0.4, 0.5) is 5.69 Å². The Labute approximate surface area is 104 Å². The molecule has 0 aliphatic carbocycles. The van der Waals surface area contributed by atoms with E-state index in [0.717, 1.165) is 11.4 Å². The molecule has 1 aromatic carbocycles. The summed E-state index contributed by atoms with van der Waals surface area (Å²) in [6, 6.07) is 6.58. The standard InChI is InChI=1S/C12H13N3O3/c1-8-6-9(2)14(13-8)11-5-4-10(18-3)7-12(11)15(16)17/h4-7H,1-3H3. The molecule has 0 N–H and O–H groups in total. The molecule has 6 nitrogen and oxygen atoms in total. The summed E-state index contributed by atoms with van der Waals surface area (Å²) in [4.78, 5) is 10.7. The van der Waals surface area contributed by atoms with Gasteiger partial charge in [0, 0.05) is 5.69 Å². The fourth-order valence-corrected chi connectivity index (χ4v) is 1.83. The SMILES string of the molecule is COc1ccc(-n2nc(C)cc2C)c([N+](=O)[O-])c1. The lowest BCUT2D eigenvalue weighted by molar-refractivity contribution is -0.384. The van der Waals surface area contributed by atoms with E-state index in [-0.39, 0.29) is 5.69 Å². The van der Waals surface area contributed by atoms with Crippen molar-refractivity contribution in [2.45, 2.75) is 13.8 Å². The van der Waals surface area contributed by atoms with Gasteiger partial charge in [-0.1, -0.05) is 0 Å². The summed E-state index contributed by atoms with van der Waals surface area (Å²) in [5, 5.41) is 15.3. The predicted octanol–water partition coefficient (Wildman–Crippen LogP) is 2.41. The van der Waals surface area contributed by atoms with Crippen molar-refractivity contribution in [1.82, 2.24) is 9.78 Å². The highest BCUT2D eigenvalue weighted by atomic mass is 16.6. The molecule has 0 atom stereocenters. The number of hydrogen-bond donors (Lipinski definition) is 0. The van der Waals surface area contributed by atoms with E-state index >= 15 is 0 Å². The van der Waals surface area contributed by atoms with Gasteiger partial charge in [0.1, 0.15) is 11.4 Å². The minimum Gasteiger partial charge on any atom is -0.496 e. The average Bonchev–Trinajstić information content (AvgIpc) is 2.67. The van der Waals surface area contributed by atoms with Crippen LogP contribution < -0.4 is 4.74 Å². The van der Waals surface area contributed by atoms with Crippen LogP contribution in [0.3, 0.4) is 0 Å². The van der Waals surface area contributed by atoms with E-state index in [9.17, 15) is 10.1 Å². The van der Waals surface area contributed by atoms with Gasteiger partial charge in [0.25, 0.3) is 5.69 Å². The van der Waals surface area contributed by atoms with Crippen molar-refractivity contribution in [3.63, 3.8) is 0 Å². The number of hydrogen-bond acceptors (Lipinski definition) is 4. The fourth-order valence-electron chi connectivity index (χ4n) is 1.83. The summed E-state index contributed by atoms with van der Waals surface area (Å²) in [6.07, 6.45) is 0. The molecule has 2 aromatic rings. The predicted molar refractivity (Wildman–Crippen MR) is 66.2 cm³/mol. The highest BCUT2D eigenvalue weighted by molar-refractivity contribution is 5.56. The smallest absolute Gasteiger partial charge is 0.298 e. The number of ether oxygens (including phenoxy) is 1. The van der Waals surface area contributed by atoms with Crippen molar-refractivity contribution in [1.29, 1.82) is 0 Å². The second kappa shape index (κ2) is 4.48. The lowest BCUT2D eigenvalue weighted by Gasteiger charge is -2.07. The summed E-state index contributed by atoms with van der Waals surface area (Å²) in [6.45, 7) is 3.70. The number of nitro benzene ring substituents is 1. The van der Waals surface area contributed by atoms with Gasteiger partial charge in [-0.05, 0) is 32.0 Å². The Balaban J connectivity index is 2.63. The van der Waals surface area contributed by atoms with Crippen LogP contribution in [0.15, 0.2) is 24.3 Å². The van der Waals surface area contributed by atoms with E-state index in [0.29, 0.717) is 11.4 Å². The minimum atomic E-state index is -0.436. The van der Waals surface area contributed by atoms with Crippen LogP contribution in [0.2, 0.25) is 0 Å². The normalized spacial score (nSPS) is 10.4. The molecule has 94 valence electrons. The first-order valence-electron chi connectivity index (χ1n) is 5.39. The molecule has 6 heteroatoms. The lowest BCUT2D eigenvalue weighted by atomic mass is 10.2. The zero-order valence-electron chi connectivity index (χ0n) is 10.4. The van der Waals surface area contributed by atoms with Gasteiger partial charge in [-0.2, -0.15) is 5.10 Å². The zero-order chi connectivity index (χ0) is 13.3. The van der Waals surface area contributed by atoms with Crippen molar-refractivity contribution >= 4 is 5.69 Å². The van der Waals surface area contributed by atoms with Crippen LogP contribution in [0.1, 0.15) is 11.4 Å². The van der Waals surface area contributed by atoms with E-state index in [2.05, 4.69) is 5.10 Å². The lowest BCUT2D eigenvalue weighted by Crippen LogP contribution is -2.03. The van der Waals surface area contributed by atoms with Gasteiger partial charge in [0.05, 0.1) is 23.8 Å². The quantitative estimate of drug-likeness (QED) is 0.616. The molecular weight excluding hydrogens is 234 g/mol. The van der Waals surface area contributed by atoms with Crippen molar-refractivity contribution in [2.24, 2.45) is 0 Å². The maximum absolute atomic E-state index is 11.1. The highest BCUT2D eigenvalue weighted by Gasteiger charge is 2.18. The number of benzene rings is 1. The first kappa shape index (κ1) is 12.1. The van der Waals surface area contributed by atoms with E-state index < -0.39 is 4.92 Å². The summed E-state index contributed by atoms with van der Waals surface area (Å²) in [5.74, 6) is 0.451. The molecule has 0 spiro atoms. The molecule has 0 unspecified atom stereocenters. The van der Waals surface area contributed by atoms with E-state index in [4.69, 9.17) is 4.74 Å². The third kappa shape index (κ3) is 2.04. The summed E-state index contributed by atoms with van der Waals surface area (Å²) >= 11 is 0. The maximum Gasteiger partial charge on any atom is 0.298 e. The minimum absolute atomic E-state index is 0.0273.